The minimum Gasteiger partial charge on any atom is -0.481 e. The molecule has 1 heterocycles. The van der Waals surface area contributed by atoms with Crippen LogP contribution in [0.4, 0.5) is 0 Å². The fraction of sp³-hybridized carbons (Fsp3) is 0.529. The predicted octanol–water partition coefficient (Wildman–Crippen LogP) is 2.65. The van der Waals surface area contributed by atoms with Gasteiger partial charge in [-0.2, -0.15) is 0 Å². The number of aliphatic imine (C=N–C) groups is 1. The minimum absolute atomic E-state index is 0.631. The molecule has 0 atom stereocenters. The second-order valence-corrected chi connectivity index (χ2v) is 5.42. The molecule has 0 unspecified atom stereocenters. The lowest BCUT2D eigenvalue weighted by molar-refractivity contribution is 0.397. The van der Waals surface area contributed by atoms with Gasteiger partial charge in [-0.15, -0.1) is 0 Å². The number of methoxy groups -OCH3 is 1. The normalized spacial score (nSPS) is 15.2. The second kappa shape index (κ2) is 9.07. The van der Waals surface area contributed by atoms with Gasteiger partial charge in [0.05, 0.1) is 7.11 Å². The van der Waals surface area contributed by atoms with Crippen LogP contribution in [-0.2, 0) is 6.54 Å². The number of allylic oxidation sites excluding steroid dienone is 1. The fourth-order valence-electron chi connectivity index (χ4n) is 2.55. The highest BCUT2D eigenvalue weighted by Crippen LogP contribution is 2.19. The van der Waals surface area contributed by atoms with Crippen molar-refractivity contribution in [2.24, 2.45) is 4.99 Å². The zero-order valence-electron chi connectivity index (χ0n) is 13.6. The van der Waals surface area contributed by atoms with Gasteiger partial charge in [-0.25, -0.2) is 4.98 Å². The third-order valence-corrected chi connectivity index (χ3v) is 3.82. The molecule has 2 N–H and O–H groups in total. The summed E-state index contributed by atoms with van der Waals surface area (Å²) < 4.78 is 5.13. The summed E-state index contributed by atoms with van der Waals surface area (Å²) in [4.78, 5) is 8.36. The molecule has 1 aromatic heterocycles. The van der Waals surface area contributed by atoms with E-state index >= 15 is 0 Å². The molecule has 0 bridgehead atoms. The molecule has 1 aliphatic carbocycles. The number of aromatic nitrogens is 1. The smallest absolute Gasteiger partial charge is 0.213 e. The molecule has 0 amide bonds. The average Bonchev–Trinajstić information content (AvgIpc) is 2.59. The summed E-state index contributed by atoms with van der Waals surface area (Å²) in [6.07, 6.45) is 10.4. The maximum absolute atomic E-state index is 5.13. The highest BCUT2D eigenvalue weighted by molar-refractivity contribution is 5.79. The number of rotatable bonds is 6. The van der Waals surface area contributed by atoms with Crippen LogP contribution in [0.2, 0.25) is 0 Å². The molecule has 0 spiro atoms. The summed E-state index contributed by atoms with van der Waals surface area (Å²) >= 11 is 0. The standard InChI is InChI=1S/C17H26N4O/c1-18-17(20-11-8-14-6-4-3-5-7-14)21-13-15-9-10-19-16(12-15)22-2/h6,9-10,12H,3-5,7-8,11,13H2,1-2H3,(H2,18,20,21). The molecule has 0 radical (unpaired) electrons. The van der Waals surface area contributed by atoms with Crippen LogP contribution in [0.3, 0.4) is 0 Å². The van der Waals surface area contributed by atoms with Gasteiger partial charge in [0.2, 0.25) is 5.88 Å². The topological polar surface area (TPSA) is 58.5 Å². The first-order chi connectivity index (χ1) is 10.8. The summed E-state index contributed by atoms with van der Waals surface area (Å²) in [5, 5.41) is 6.68. The average molecular weight is 302 g/mol. The van der Waals surface area contributed by atoms with Gasteiger partial charge in [-0.1, -0.05) is 11.6 Å². The molecule has 1 aliphatic rings. The van der Waals surface area contributed by atoms with Gasteiger partial charge >= 0.3 is 0 Å². The molecule has 0 saturated carbocycles. The van der Waals surface area contributed by atoms with Crippen LogP contribution >= 0.6 is 0 Å². The maximum atomic E-state index is 5.13. The predicted molar refractivity (Wildman–Crippen MR) is 90.2 cm³/mol. The SMILES string of the molecule is CN=C(NCCC1=CCCCC1)NCc1ccnc(OC)c1. The number of hydrogen-bond acceptors (Lipinski definition) is 3. The lowest BCUT2D eigenvalue weighted by Crippen LogP contribution is -2.37. The Labute approximate surface area is 132 Å². The van der Waals surface area contributed by atoms with Gasteiger partial charge in [0.25, 0.3) is 0 Å². The van der Waals surface area contributed by atoms with Crippen LogP contribution in [-0.4, -0.2) is 31.6 Å². The number of hydrogen-bond donors (Lipinski definition) is 2. The van der Waals surface area contributed by atoms with E-state index in [1.54, 1.807) is 25.9 Å². The number of nitrogens with one attached hydrogen (secondary N) is 2. The van der Waals surface area contributed by atoms with Crippen LogP contribution < -0.4 is 15.4 Å². The summed E-state index contributed by atoms with van der Waals surface area (Å²) in [5.74, 6) is 1.46. The van der Waals surface area contributed by atoms with Gasteiger partial charge in [-0.3, -0.25) is 4.99 Å². The van der Waals surface area contributed by atoms with Crippen molar-refractivity contribution in [3.05, 3.63) is 35.5 Å². The molecule has 1 aromatic rings. The molecule has 120 valence electrons. The monoisotopic (exact) mass is 302 g/mol. The minimum atomic E-state index is 0.631. The maximum Gasteiger partial charge on any atom is 0.213 e. The van der Waals surface area contributed by atoms with Gasteiger partial charge in [0.15, 0.2) is 5.96 Å². The van der Waals surface area contributed by atoms with Crippen molar-refractivity contribution < 1.29 is 4.74 Å². The molecule has 0 aliphatic heterocycles. The van der Waals surface area contributed by atoms with Crippen molar-refractivity contribution >= 4 is 5.96 Å². The van der Waals surface area contributed by atoms with E-state index in [4.69, 9.17) is 4.74 Å². The molecule has 5 nitrogen and oxygen atoms in total. The van der Waals surface area contributed by atoms with Gasteiger partial charge in [0, 0.05) is 32.4 Å². The summed E-state index contributed by atoms with van der Waals surface area (Å²) in [7, 11) is 3.42. The van der Waals surface area contributed by atoms with Crippen molar-refractivity contribution in [2.75, 3.05) is 20.7 Å². The van der Waals surface area contributed by atoms with Gasteiger partial charge < -0.3 is 15.4 Å². The van der Waals surface area contributed by atoms with E-state index in [1.807, 2.05) is 12.1 Å². The Hall–Kier alpha value is -2.04. The fourth-order valence-corrected chi connectivity index (χ4v) is 2.55. The molecule has 0 fully saturated rings. The summed E-state index contributed by atoms with van der Waals surface area (Å²) in [5.41, 5.74) is 2.69. The highest BCUT2D eigenvalue weighted by Gasteiger charge is 2.04. The Balaban J connectivity index is 1.73. The second-order valence-electron chi connectivity index (χ2n) is 5.42. The molecule has 5 heteroatoms. The highest BCUT2D eigenvalue weighted by atomic mass is 16.5. The number of guanidine groups is 1. The summed E-state index contributed by atoms with van der Waals surface area (Å²) in [6.45, 7) is 1.62. The largest absolute Gasteiger partial charge is 0.481 e. The molecular formula is C17H26N4O. The lowest BCUT2D eigenvalue weighted by atomic mass is 9.97. The summed E-state index contributed by atoms with van der Waals surface area (Å²) in [6, 6.07) is 3.89. The van der Waals surface area contributed by atoms with E-state index in [-0.39, 0.29) is 0 Å². The first kappa shape index (κ1) is 16.3. The Kier molecular flexibility index (Phi) is 6.74. The van der Waals surface area contributed by atoms with Crippen LogP contribution in [0, 0.1) is 0 Å². The van der Waals surface area contributed by atoms with Crippen molar-refractivity contribution in [1.29, 1.82) is 0 Å². The Morgan fingerprint density at radius 2 is 2.27 bits per heavy atom. The van der Waals surface area contributed by atoms with Crippen molar-refractivity contribution in [1.82, 2.24) is 15.6 Å². The third-order valence-electron chi connectivity index (χ3n) is 3.82. The lowest BCUT2D eigenvalue weighted by Gasteiger charge is -2.15. The first-order valence-corrected chi connectivity index (χ1v) is 7.93. The zero-order chi connectivity index (χ0) is 15.6. The van der Waals surface area contributed by atoms with Crippen molar-refractivity contribution in [2.45, 2.75) is 38.6 Å². The first-order valence-electron chi connectivity index (χ1n) is 7.93. The van der Waals surface area contributed by atoms with E-state index in [0.717, 1.165) is 24.5 Å². The van der Waals surface area contributed by atoms with E-state index in [0.29, 0.717) is 12.4 Å². The molecule has 0 saturated heterocycles. The van der Waals surface area contributed by atoms with E-state index in [1.165, 1.54) is 25.7 Å². The molecular weight excluding hydrogens is 276 g/mol. The number of ether oxygens (including phenoxy) is 1. The number of pyridine rings is 1. The van der Waals surface area contributed by atoms with Crippen LogP contribution in [0.5, 0.6) is 5.88 Å². The van der Waals surface area contributed by atoms with E-state index < -0.39 is 0 Å². The van der Waals surface area contributed by atoms with E-state index in [9.17, 15) is 0 Å². The Morgan fingerprint density at radius 3 is 3.00 bits per heavy atom. The molecule has 2 rings (SSSR count). The van der Waals surface area contributed by atoms with Crippen molar-refractivity contribution in [3.8, 4) is 5.88 Å². The van der Waals surface area contributed by atoms with E-state index in [2.05, 4.69) is 26.7 Å². The van der Waals surface area contributed by atoms with Crippen LogP contribution in [0.15, 0.2) is 35.0 Å². The zero-order valence-corrected chi connectivity index (χ0v) is 13.6. The third kappa shape index (κ3) is 5.39. The molecule has 0 aromatic carbocycles. The van der Waals surface area contributed by atoms with Crippen molar-refractivity contribution in [3.63, 3.8) is 0 Å². The van der Waals surface area contributed by atoms with Gasteiger partial charge in [-0.05, 0) is 43.7 Å². The van der Waals surface area contributed by atoms with Gasteiger partial charge in [0.1, 0.15) is 0 Å². The van der Waals surface area contributed by atoms with Crippen LogP contribution in [0.25, 0.3) is 0 Å². The number of nitrogens with zero attached hydrogens (tertiary/aromatic N) is 2. The quantitative estimate of drug-likeness (QED) is 0.482. The Morgan fingerprint density at radius 1 is 1.36 bits per heavy atom. The Bertz CT molecular complexity index is 525. The molecule has 22 heavy (non-hydrogen) atoms. The van der Waals surface area contributed by atoms with Crippen LogP contribution in [0.1, 0.15) is 37.7 Å².